The van der Waals surface area contributed by atoms with Gasteiger partial charge in [0.25, 0.3) is 5.91 Å². The Kier molecular flexibility index (Phi) is 10.8. The standard InChI is InChI=1S/C34H46N6O7S/c1-21-10-11-22(30(41)37-25-19-23(33(2,3)4)20-26(29(25)45-8)39-48(9,43)44)18-27(21)46-28-12-15-35-31(38-28)36-24-13-16-40(17-14-24)32(42)47-34(5,6)7/h10-12,15,18-20,24,39H,13-14,16-17H2,1-9H3,(H,37,41)(H,35,36,38). The summed E-state index contributed by atoms with van der Waals surface area (Å²) in [5.41, 5.74) is 1.51. The summed E-state index contributed by atoms with van der Waals surface area (Å²) in [5, 5.41) is 6.21. The number of aryl methyl sites for hydroxylation is 1. The lowest BCUT2D eigenvalue weighted by Gasteiger charge is -2.33. The molecule has 3 N–H and O–H groups in total. The fourth-order valence-electron chi connectivity index (χ4n) is 4.99. The summed E-state index contributed by atoms with van der Waals surface area (Å²) in [5.74, 6) is 0.835. The molecule has 0 unspecified atom stereocenters. The molecule has 1 aliphatic heterocycles. The Morgan fingerprint density at radius 2 is 1.65 bits per heavy atom. The van der Waals surface area contributed by atoms with Crippen molar-refractivity contribution >= 4 is 39.3 Å². The van der Waals surface area contributed by atoms with Gasteiger partial charge in [-0.3, -0.25) is 9.52 Å². The van der Waals surface area contributed by atoms with E-state index in [-0.39, 0.29) is 34.9 Å². The van der Waals surface area contributed by atoms with Crippen molar-refractivity contribution in [1.29, 1.82) is 0 Å². The van der Waals surface area contributed by atoms with Crippen molar-refractivity contribution in [3.63, 3.8) is 0 Å². The van der Waals surface area contributed by atoms with E-state index >= 15 is 0 Å². The number of carbonyl (C=O) groups is 2. The third-order valence-electron chi connectivity index (χ3n) is 7.48. The number of amides is 2. The second-order valence-corrected chi connectivity index (χ2v) is 15.6. The van der Waals surface area contributed by atoms with Crippen LogP contribution in [0.3, 0.4) is 0 Å². The lowest BCUT2D eigenvalue weighted by molar-refractivity contribution is 0.0210. The molecule has 0 aliphatic carbocycles. The first-order chi connectivity index (χ1) is 22.3. The number of aromatic nitrogens is 2. The zero-order chi connectivity index (χ0) is 35.4. The zero-order valence-electron chi connectivity index (χ0n) is 29.1. The fourth-order valence-corrected chi connectivity index (χ4v) is 5.54. The van der Waals surface area contributed by atoms with Crippen molar-refractivity contribution in [1.82, 2.24) is 14.9 Å². The first-order valence-corrected chi connectivity index (χ1v) is 17.6. The molecule has 0 atom stereocenters. The maximum absolute atomic E-state index is 13.5. The minimum absolute atomic E-state index is 0.0645. The average Bonchev–Trinajstić information content (AvgIpc) is 2.96. The number of benzene rings is 2. The average molecular weight is 683 g/mol. The van der Waals surface area contributed by atoms with Crippen LogP contribution in [0.4, 0.5) is 22.1 Å². The molecule has 1 aliphatic rings. The predicted molar refractivity (Wildman–Crippen MR) is 186 cm³/mol. The number of sulfonamides is 1. The molecule has 4 rings (SSSR count). The Bertz CT molecular complexity index is 1760. The van der Waals surface area contributed by atoms with Gasteiger partial charge in [-0.05, 0) is 81.3 Å². The van der Waals surface area contributed by atoms with Gasteiger partial charge in [0.2, 0.25) is 21.9 Å². The van der Waals surface area contributed by atoms with Gasteiger partial charge in [0.1, 0.15) is 11.4 Å². The van der Waals surface area contributed by atoms with Crippen molar-refractivity contribution in [3.8, 4) is 17.4 Å². The van der Waals surface area contributed by atoms with Gasteiger partial charge in [0.15, 0.2) is 5.75 Å². The van der Waals surface area contributed by atoms with Gasteiger partial charge in [0, 0.05) is 37.0 Å². The van der Waals surface area contributed by atoms with E-state index in [1.807, 2.05) is 48.5 Å². The number of anilines is 3. The van der Waals surface area contributed by atoms with Gasteiger partial charge >= 0.3 is 6.09 Å². The number of hydrogen-bond acceptors (Lipinski definition) is 10. The minimum atomic E-state index is -3.63. The predicted octanol–water partition coefficient (Wildman–Crippen LogP) is 6.32. The van der Waals surface area contributed by atoms with E-state index in [2.05, 4.69) is 25.3 Å². The number of nitrogens with one attached hydrogen (secondary N) is 3. The highest BCUT2D eigenvalue weighted by atomic mass is 32.2. The minimum Gasteiger partial charge on any atom is -0.492 e. The molecule has 3 aromatic rings. The summed E-state index contributed by atoms with van der Waals surface area (Å²) in [7, 11) is -2.22. The van der Waals surface area contributed by atoms with Crippen molar-refractivity contribution in [3.05, 3.63) is 59.3 Å². The molecular weight excluding hydrogens is 636 g/mol. The third-order valence-corrected chi connectivity index (χ3v) is 8.07. The van der Waals surface area contributed by atoms with E-state index in [1.165, 1.54) is 7.11 Å². The number of ether oxygens (including phenoxy) is 3. The molecule has 2 amide bonds. The van der Waals surface area contributed by atoms with Crippen LogP contribution in [-0.2, 0) is 20.2 Å². The monoisotopic (exact) mass is 682 g/mol. The van der Waals surface area contributed by atoms with E-state index in [0.29, 0.717) is 48.9 Å². The number of piperidine rings is 1. The Labute approximate surface area is 282 Å². The lowest BCUT2D eigenvalue weighted by Crippen LogP contribution is -2.44. The van der Waals surface area contributed by atoms with E-state index in [4.69, 9.17) is 14.2 Å². The van der Waals surface area contributed by atoms with Crippen LogP contribution in [-0.4, -0.2) is 73.4 Å². The second-order valence-electron chi connectivity index (χ2n) is 13.9. The Balaban J connectivity index is 1.48. The van der Waals surface area contributed by atoms with E-state index in [0.717, 1.165) is 17.4 Å². The second kappa shape index (κ2) is 14.3. The molecule has 13 nitrogen and oxygen atoms in total. The van der Waals surface area contributed by atoms with Gasteiger partial charge in [0.05, 0.1) is 24.7 Å². The Morgan fingerprint density at radius 3 is 2.25 bits per heavy atom. The summed E-state index contributed by atoms with van der Waals surface area (Å²) >= 11 is 0. The van der Waals surface area contributed by atoms with Crippen LogP contribution >= 0.6 is 0 Å². The molecule has 48 heavy (non-hydrogen) atoms. The summed E-state index contributed by atoms with van der Waals surface area (Å²) in [6, 6.07) is 10.2. The lowest BCUT2D eigenvalue weighted by atomic mass is 9.86. The maximum atomic E-state index is 13.5. The number of rotatable bonds is 9. The number of hydrogen-bond donors (Lipinski definition) is 3. The van der Waals surface area contributed by atoms with Gasteiger partial charge < -0.3 is 29.7 Å². The molecule has 14 heteroatoms. The molecule has 2 heterocycles. The van der Waals surface area contributed by atoms with Gasteiger partial charge in [-0.2, -0.15) is 4.98 Å². The van der Waals surface area contributed by atoms with Crippen LogP contribution < -0.4 is 24.8 Å². The SMILES string of the molecule is COc1c(NC(=O)c2ccc(C)c(Oc3ccnc(NC4CCN(C(=O)OC(C)(C)C)CC4)n3)c2)cc(C(C)(C)C)cc1NS(C)(=O)=O. The molecule has 260 valence electrons. The van der Waals surface area contributed by atoms with E-state index in [9.17, 15) is 18.0 Å². The topological polar surface area (TPSA) is 161 Å². The first kappa shape index (κ1) is 36.2. The molecule has 1 fully saturated rings. The van der Waals surface area contributed by atoms with Crippen molar-refractivity contribution in [2.75, 3.05) is 41.8 Å². The molecular formula is C34H46N6O7S. The van der Waals surface area contributed by atoms with Crippen LogP contribution in [0.15, 0.2) is 42.6 Å². The number of likely N-dealkylation sites (tertiary alicyclic amines) is 1. The Morgan fingerprint density at radius 1 is 0.979 bits per heavy atom. The van der Waals surface area contributed by atoms with Crippen LogP contribution in [0.2, 0.25) is 0 Å². The summed E-state index contributed by atoms with van der Waals surface area (Å²) in [6.07, 6.45) is 3.74. The largest absolute Gasteiger partial charge is 0.492 e. The maximum Gasteiger partial charge on any atom is 0.410 e. The quantitative estimate of drug-likeness (QED) is 0.233. The van der Waals surface area contributed by atoms with Crippen molar-refractivity contribution in [2.24, 2.45) is 0 Å². The zero-order valence-corrected chi connectivity index (χ0v) is 29.9. The van der Waals surface area contributed by atoms with Crippen LogP contribution in [0, 0.1) is 6.92 Å². The molecule has 0 spiro atoms. The number of methoxy groups -OCH3 is 1. The number of nitrogens with zero attached hydrogens (tertiary/aromatic N) is 3. The van der Waals surface area contributed by atoms with Crippen LogP contribution in [0.25, 0.3) is 0 Å². The number of carbonyl (C=O) groups excluding carboxylic acids is 2. The van der Waals surface area contributed by atoms with Gasteiger partial charge in [-0.1, -0.05) is 26.8 Å². The normalized spacial score (nSPS) is 14.2. The van der Waals surface area contributed by atoms with Crippen molar-refractivity contribution < 1.29 is 32.2 Å². The highest BCUT2D eigenvalue weighted by molar-refractivity contribution is 7.92. The third kappa shape index (κ3) is 9.96. The van der Waals surface area contributed by atoms with Crippen LogP contribution in [0.1, 0.15) is 75.9 Å². The molecule has 2 aromatic carbocycles. The summed E-state index contributed by atoms with van der Waals surface area (Å²) < 4.78 is 43.8. The summed E-state index contributed by atoms with van der Waals surface area (Å²) in [4.78, 5) is 36.5. The molecule has 0 radical (unpaired) electrons. The van der Waals surface area contributed by atoms with Crippen molar-refractivity contribution in [2.45, 2.75) is 78.4 Å². The van der Waals surface area contributed by atoms with Crippen LogP contribution in [0.5, 0.6) is 17.4 Å². The Hall–Kier alpha value is -4.59. The van der Waals surface area contributed by atoms with E-state index < -0.39 is 21.5 Å². The molecule has 0 bridgehead atoms. The highest BCUT2D eigenvalue weighted by Crippen LogP contribution is 2.39. The summed E-state index contributed by atoms with van der Waals surface area (Å²) in [6.45, 7) is 14.5. The fraction of sp³-hybridized carbons (Fsp3) is 0.471. The molecule has 1 aromatic heterocycles. The first-order valence-electron chi connectivity index (χ1n) is 15.7. The van der Waals surface area contributed by atoms with E-state index in [1.54, 1.807) is 47.5 Å². The molecule has 0 saturated carbocycles. The molecule has 1 saturated heterocycles. The van der Waals surface area contributed by atoms with Gasteiger partial charge in [-0.25, -0.2) is 18.2 Å². The smallest absolute Gasteiger partial charge is 0.410 e. The van der Waals surface area contributed by atoms with Gasteiger partial charge in [-0.15, -0.1) is 0 Å². The highest BCUT2D eigenvalue weighted by Gasteiger charge is 2.27.